The predicted molar refractivity (Wildman–Crippen MR) is 81.6 cm³/mol. The molecule has 0 amide bonds. The smallest absolute Gasteiger partial charge is 0.0764 e. The number of nitrogens with one attached hydrogen (secondary N) is 1. The van der Waals surface area contributed by atoms with Crippen molar-refractivity contribution in [3.05, 3.63) is 18.0 Å². The van der Waals surface area contributed by atoms with Gasteiger partial charge in [-0.3, -0.25) is 9.58 Å². The molecule has 0 bridgehead atoms. The molecule has 1 saturated carbocycles. The highest BCUT2D eigenvalue weighted by atomic mass is 15.3. The molecule has 1 aliphatic heterocycles. The summed E-state index contributed by atoms with van der Waals surface area (Å²) in [5, 5.41) is 8.43. The van der Waals surface area contributed by atoms with E-state index in [4.69, 9.17) is 5.10 Å². The van der Waals surface area contributed by atoms with Gasteiger partial charge >= 0.3 is 0 Å². The van der Waals surface area contributed by atoms with Crippen molar-refractivity contribution in [2.24, 2.45) is 5.92 Å². The number of aromatic nitrogens is 2. The highest BCUT2D eigenvalue weighted by Crippen LogP contribution is 2.28. The highest BCUT2D eigenvalue weighted by molar-refractivity contribution is 5.01. The Hall–Kier alpha value is -0.870. The van der Waals surface area contributed by atoms with E-state index < -0.39 is 0 Å². The Labute approximate surface area is 122 Å². The normalized spacial score (nSPS) is 25.6. The van der Waals surface area contributed by atoms with Crippen LogP contribution in [0, 0.1) is 5.92 Å². The first-order chi connectivity index (χ1) is 9.72. The first-order valence-electron chi connectivity index (χ1n) is 8.22. The van der Waals surface area contributed by atoms with E-state index in [2.05, 4.69) is 41.0 Å². The van der Waals surface area contributed by atoms with Crippen LogP contribution in [0.5, 0.6) is 0 Å². The standard InChI is InChI=1S/C16H28N4/c1-13(2)16-12-19(10-8-17-16)11-14-7-9-20(18-14)15-5-3-4-6-15/h7,9,13,15-17H,3-6,8,10-12H2,1-2H3. The molecule has 1 aromatic heterocycles. The fourth-order valence-corrected chi connectivity index (χ4v) is 3.50. The van der Waals surface area contributed by atoms with Crippen molar-refractivity contribution in [1.82, 2.24) is 20.0 Å². The number of hydrogen-bond donors (Lipinski definition) is 1. The Morgan fingerprint density at radius 3 is 2.90 bits per heavy atom. The van der Waals surface area contributed by atoms with Gasteiger partial charge in [-0.15, -0.1) is 0 Å². The second-order valence-electron chi connectivity index (χ2n) is 6.77. The zero-order chi connectivity index (χ0) is 13.9. The van der Waals surface area contributed by atoms with Gasteiger partial charge in [-0.2, -0.15) is 5.10 Å². The minimum absolute atomic E-state index is 0.626. The topological polar surface area (TPSA) is 33.1 Å². The lowest BCUT2D eigenvalue weighted by atomic mass is 10.0. The van der Waals surface area contributed by atoms with Crippen molar-refractivity contribution in [3.63, 3.8) is 0 Å². The lowest BCUT2D eigenvalue weighted by molar-refractivity contribution is 0.166. The molecule has 0 aromatic carbocycles. The highest BCUT2D eigenvalue weighted by Gasteiger charge is 2.23. The van der Waals surface area contributed by atoms with Gasteiger partial charge in [-0.05, 0) is 24.8 Å². The molecular formula is C16H28N4. The molecule has 4 heteroatoms. The fourth-order valence-electron chi connectivity index (χ4n) is 3.50. The molecule has 1 aromatic rings. The molecule has 2 fully saturated rings. The molecule has 2 heterocycles. The van der Waals surface area contributed by atoms with Gasteiger partial charge < -0.3 is 5.32 Å². The molecule has 1 aliphatic carbocycles. The van der Waals surface area contributed by atoms with Gasteiger partial charge in [0, 0.05) is 38.4 Å². The maximum absolute atomic E-state index is 4.81. The van der Waals surface area contributed by atoms with Crippen LogP contribution in [0.2, 0.25) is 0 Å². The van der Waals surface area contributed by atoms with Crippen LogP contribution in [0.1, 0.15) is 51.3 Å². The van der Waals surface area contributed by atoms with Gasteiger partial charge in [0.05, 0.1) is 11.7 Å². The molecule has 3 rings (SSSR count). The van der Waals surface area contributed by atoms with E-state index >= 15 is 0 Å². The summed E-state index contributed by atoms with van der Waals surface area (Å²) in [5.74, 6) is 0.703. The number of nitrogens with zero attached hydrogens (tertiary/aromatic N) is 3. The zero-order valence-electron chi connectivity index (χ0n) is 12.9. The van der Waals surface area contributed by atoms with E-state index in [1.165, 1.54) is 31.4 Å². The van der Waals surface area contributed by atoms with Gasteiger partial charge in [-0.25, -0.2) is 0 Å². The van der Waals surface area contributed by atoms with Crippen LogP contribution in [-0.4, -0.2) is 40.4 Å². The van der Waals surface area contributed by atoms with Crippen LogP contribution in [0.25, 0.3) is 0 Å². The lowest BCUT2D eigenvalue weighted by Crippen LogP contribution is -2.52. The van der Waals surface area contributed by atoms with Crippen LogP contribution in [0.15, 0.2) is 12.3 Å². The van der Waals surface area contributed by atoms with Gasteiger partial charge in [-0.1, -0.05) is 26.7 Å². The molecule has 2 aliphatic rings. The van der Waals surface area contributed by atoms with Gasteiger partial charge in [0.1, 0.15) is 0 Å². The summed E-state index contributed by atoms with van der Waals surface area (Å²) in [5.41, 5.74) is 1.24. The molecule has 1 atom stereocenters. The predicted octanol–water partition coefficient (Wildman–Crippen LogP) is 2.43. The van der Waals surface area contributed by atoms with E-state index in [1.54, 1.807) is 0 Å². The summed E-state index contributed by atoms with van der Waals surface area (Å²) in [6.07, 6.45) is 7.54. The quantitative estimate of drug-likeness (QED) is 0.917. The molecule has 1 unspecified atom stereocenters. The summed E-state index contributed by atoms with van der Waals surface area (Å²) in [7, 11) is 0. The number of piperazine rings is 1. The van der Waals surface area contributed by atoms with E-state index in [0.29, 0.717) is 18.0 Å². The third-order valence-corrected chi connectivity index (χ3v) is 4.84. The second-order valence-corrected chi connectivity index (χ2v) is 6.77. The molecule has 1 saturated heterocycles. The number of hydrogen-bond acceptors (Lipinski definition) is 3. The first kappa shape index (κ1) is 14.1. The number of rotatable bonds is 4. The van der Waals surface area contributed by atoms with Crippen molar-refractivity contribution in [2.75, 3.05) is 19.6 Å². The van der Waals surface area contributed by atoms with E-state index in [9.17, 15) is 0 Å². The minimum Gasteiger partial charge on any atom is -0.311 e. The average molecular weight is 276 g/mol. The monoisotopic (exact) mass is 276 g/mol. The molecule has 112 valence electrons. The fraction of sp³-hybridized carbons (Fsp3) is 0.812. The van der Waals surface area contributed by atoms with Crippen LogP contribution in [-0.2, 0) is 6.54 Å². The van der Waals surface area contributed by atoms with Crippen LogP contribution in [0.3, 0.4) is 0 Å². The maximum atomic E-state index is 4.81. The maximum Gasteiger partial charge on any atom is 0.0764 e. The largest absolute Gasteiger partial charge is 0.311 e. The summed E-state index contributed by atoms with van der Waals surface area (Å²) in [4.78, 5) is 2.54. The van der Waals surface area contributed by atoms with Gasteiger partial charge in [0.2, 0.25) is 0 Å². The summed E-state index contributed by atoms with van der Waals surface area (Å²) >= 11 is 0. The van der Waals surface area contributed by atoms with Crippen molar-refractivity contribution < 1.29 is 0 Å². The van der Waals surface area contributed by atoms with Crippen molar-refractivity contribution in [3.8, 4) is 0 Å². The van der Waals surface area contributed by atoms with Crippen LogP contribution in [0.4, 0.5) is 0 Å². The van der Waals surface area contributed by atoms with Gasteiger partial charge in [0.25, 0.3) is 0 Å². The molecule has 20 heavy (non-hydrogen) atoms. The van der Waals surface area contributed by atoms with E-state index in [0.717, 1.165) is 26.2 Å². The summed E-state index contributed by atoms with van der Waals surface area (Å²) < 4.78 is 2.21. The summed E-state index contributed by atoms with van der Waals surface area (Å²) in [6, 6.07) is 3.50. The van der Waals surface area contributed by atoms with E-state index in [-0.39, 0.29) is 0 Å². The Kier molecular flexibility index (Phi) is 4.41. The van der Waals surface area contributed by atoms with Crippen molar-refractivity contribution in [2.45, 2.75) is 58.2 Å². The second kappa shape index (κ2) is 6.27. The van der Waals surface area contributed by atoms with Crippen LogP contribution < -0.4 is 5.32 Å². The Balaban J connectivity index is 1.57. The minimum atomic E-state index is 0.626. The molecule has 0 spiro atoms. The van der Waals surface area contributed by atoms with E-state index in [1.807, 2.05) is 0 Å². The molecule has 0 radical (unpaired) electrons. The average Bonchev–Trinajstić information content (AvgIpc) is 3.09. The third-order valence-electron chi connectivity index (χ3n) is 4.84. The van der Waals surface area contributed by atoms with Crippen molar-refractivity contribution in [1.29, 1.82) is 0 Å². The Bertz CT molecular complexity index is 420. The molecule has 1 N–H and O–H groups in total. The van der Waals surface area contributed by atoms with Gasteiger partial charge in [0.15, 0.2) is 0 Å². The lowest BCUT2D eigenvalue weighted by Gasteiger charge is -2.35. The first-order valence-corrected chi connectivity index (χ1v) is 8.22. The third kappa shape index (κ3) is 3.23. The zero-order valence-corrected chi connectivity index (χ0v) is 12.9. The van der Waals surface area contributed by atoms with Crippen molar-refractivity contribution >= 4 is 0 Å². The Morgan fingerprint density at radius 1 is 1.35 bits per heavy atom. The SMILES string of the molecule is CC(C)C1CN(Cc2ccn(C3CCCC3)n2)CCN1. The molecule has 4 nitrogen and oxygen atoms in total. The summed E-state index contributed by atoms with van der Waals surface area (Å²) in [6.45, 7) is 9.00. The molecular weight excluding hydrogens is 248 g/mol. The van der Waals surface area contributed by atoms with Crippen LogP contribution >= 0.6 is 0 Å². The Morgan fingerprint density at radius 2 is 2.15 bits per heavy atom.